The van der Waals surface area contributed by atoms with Gasteiger partial charge in [-0.15, -0.1) is 11.8 Å². The van der Waals surface area contributed by atoms with Crippen LogP contribution in [0.3, 0.4) is 0 Å². The van der Waals surface area contributed by atoms with Gasteiger partial charge in [0, 0.05) is 4.90 Å². The largest absolute Gasteiger partial charge is 0.417 e. The third-order valence-corrected chi connectivity index (χ3v) is 6.94. The average molecular weight is 541 g/mol. The lowest BCUT2D eigenvalue weighted by Crippen LogP contribution is -2.17. The monoisotopic (exact) mass is 540 g/mol. The quantitative estimate of drug-likeness (QED) is 0.232. The molecule has 0 unspecified atom stereocenters. The molecule has 0 spiro atoms. The van der Waals surface area contributed by atoms with Crippen molar-refractivity contribution < 1.29 is 51.9 Å². The normalized spacial score (nSPS) is 12.9. The molecule has 0 saturated carbocycles. The molecule has 1 N–H and O–H groups in total. The number of alkyl halides is 6. The molecule has 0 heterocycles. The average Bonchev–Trinajstić information content (AvgIpc) is 2.65. The van der Waals surface area contributed by atoms with Crippen molar-refractivity contribution in [2.24, 2.45) is 0 Å². The van der Waals surface area contributed by atoms with E-state index in [1.54, 1.807) is 0 Å². The molecule has 15 heteroatoms. The summed E-state index contributed by atoms with van der Waals surface area (Å²) in [6.07, 6.45) is -8.85. The minimum atomic E-state index is -4.90. The fourth-order valence-corrected chi connectivity index (χ4v) is 5.56. The first kappa shape index (κ1) is 29.2. The Kier molecular flexibility index (Phi) is 9.41. The lowest BCUT2D eigenvalue weighted by Gasteiger charge is -2.14. The fourth-order valence-electron chi connectivity index (χ4n) is 2.39. The molecule has 0 radical (unpaired) electrons. The minimum Gasteiger partial charge on any atom is -0.282 e. The third kappa shape index (κ3) is 8.17. The van der Waals surface area contributed by atoms with Crippen molar-refractivity contribution in [3.63, 3.8) is 0 Å². The van der Waals surface area contributed by atoms with Crippen molar-refractivity contribution >= 4 is 32.0 Å². The Balaban J connectivity index is 0.000000331. The highest BCUT2D eigenvalue weighted by atomic mass is 32.2. The van der Waals surface area contributed by atoms with Gasteiger partial charge < -0.3 is 0 Å². The molecule has 0 aliphatic carbocycles. The number of rotatable bonds is 5. The fraction of sp³-hybridized carbons (Fsp3) is 0.333. The summed E-state index contributed by atoms with van der Waals surface area (Å²) in [5.41, 5.74) is -2.58. The van der Waals surface area contributed by atoms with Crippen molar-refractivity contribution in [3.8, 4) is 0 Å². The number of hydrogen-bond donors (Lipinski definition) is 1. The van der Waals surface area contributed by atoms with Crippen molar-refractivity contribution in [1.82, 2.24) is 0 Å². The summed E-state index contributed by atoms with van der Waals surface area (Å²) in [6.45, 7) is 2.85. The Morgan fingerprint density at radius 3 is 1.76 bits per heavy atom. The molecule has 0 bridgehead atoms. The molecule has 0 aliphatic rings. The lowest BCUT2D eigenvalue weighted by molar-refractivity contribution is -0.140. The zero-order valence-corrected chi connectivity index (χ0v) is 19.5. The van der Waals surface area contributed by atoms with Crippen LogP contribution in [-0.4, -0.2) is 33.7 Å². The SMILES string of the molecule is CC(C)OS(=O)(=O)c1ccccc1C(F)(F)F.CSc1cccc(C(F)(F)F)c1S(=O)(=O)O. The Morgan fingerprint density at radius 1 is 0.848 bits per heavy atom. The van der Waals surface area contributed by atoms with Gasteiger partial charge in [0.05, 0.1) is 17.2 Å². The van der Waals surface area contributed by atoms with Crippen molar-refractivity contribution in [3.05, 3.63) is 53.6 Å². The van der Waals surface area contributed by atoms with E-state index in [0.29, 0.717) is 12.1 Å². The minimum absolute atomic E-state index is 0.141. The Bertz CT molecular complexity index is 1170. The van der Waals surface area contributed by atoms with E-state index in [1.807, 2.05) is 0 Å². The topological polar surface area (TPSA) is 97.7 Å². The van der Waals surface area contributed by atoms with Crippen molar-refractivity contribution in [1.29, 1.82) is 0 Å². The molecule has 0 atom stereocenters. The number of hydrogen-bond acceptors (Lipinski definition) is 6. The van der Waals surface area contributed by atoms with E-state index in [1.165, 1.54) is 32.2 Å². The molecular formula is C18H18F6O6S3. The van der Waals surface area contributed by atoms with E-state index < -0.39 is 59.6 Å². The summed E-state index contributed by atoms with van der Waals surface area (Å²) in [7, 11) is -9.29. The van der Waals surface area contributed by atoms with Gasteiger partial charge in [0.1, 0.15) is 9.79 Å². The van der Waals surface area contributed by atoms with Gasteiger partial charge in [-0.2, -0.15) is 43.2 Å². The molecule has 2 rings (SSSR count). The Hall–Kier alpha value is -1.81. The highest BCUT2D eigenvalue weighted by Crippen LogP contribution is 2.38. The molecule has 2 aromatic rings. The smallest absolute Gasteiger partial charge is 0.282 e. The van der Waals surface area contributed by atoms with Crippen LogP contribution in [0.4, 0.5) is 26.3 Å². The van der Waals surface area contributed by atoms with Crippen LogP contribution in [0.25, 0.3) is 0 Å². The van der Waals surface area contributed by atoms with Gasteiger partial charge in [-0.25, -0.2) is 0 Å². The molecule has 0 aliphatic heterocycles. The number of halogens is 6. The first-order chi connectivity index (χ1) is 14.8. The van der Waals surface area contributed by atoms with Crippen LogP contribution in [0.5, 0.6) is 0 Å². The molecular weight excluding hydrogens is 522 g/mol. The Morgan fingerprint density at radius 2 is 1.33 bits per heavy atom. The first-order valence-electron chi connectivity index (χ1n) is 8.63. The number of thioether (sulfide) groups is 1. The second kappa shape index (κ2) is 10.6. The predicted molar refractivity (Wildman–Crippen MR) is 108 cm³/mol. The van der Waals surface area contributed by atoms with Crippen LogP contribution in [-0.2, 0) is 36.8 Å². The molecule has 0 fully saturated rings. The van der Waals surface area contributed by atoms with Gasteiger partial charge in [-0.1, -0.05) is 18.2 Å². The van der Waals surface area contributed by atoms with E-state index in [2.05, 4.69) is 4.18 Å². The molecule has 33 heavy (non-hydrogen) atoms. The van der Waals surface area contributed by atoms with Crippen LogP contribution in [0.15, 0.2) is 57.2 Å². The van der Waals surface area contributed by atoms with Crippen LogP contribution in [0.2, 0.25) is 0 Å². The van der Waals surface area contributed by atoms with Crippen LogP contribution in [0.1, 0.15) is 25.0 Å². The van der Waals surface area contributed by atoms with E-state index >= 15 is 0 Å². The summed E-state index contributed by atoms with van der Waals surface area (Å²) in [6, 6.07) is 6.81. The Labute approximate surface area is 190 Å². The second-order valence-electron chi connectivity index (χ2n) is 6.40. The molecule has 2 aromatic carbocycles. The molecule has 0 saturated heterocycles. The summed E-state index contributed by atoms with van der Waals surface area (Å²) in [4.78, 5) is -2.09. The summed E-state index contributed by atoms with van der Waals surface area (Å²) < 4.78 is 134. The maximum atomic E-state index is 12.6. The van der Waals surface area contributed by atoms with Gasteiger partial charge in [-0.05, 0) is 44.4 Å². The van der Waals surface area contributed by atoms with Crippen LogP contribution < -0.4 is 0 Å². The standard InChI is InChI=1S/C10H11F3O3S.C8H7F3O3S2/c1-7(2)16-17(14,15)9-6-4-3-5-8(9)10(11,12)13;1-15-6-4-2-3-5(8(9,10)11)7(6)16(12,13)14/h3-7H,1-2H3;2-4H,1H3,(H,12,13,14). The molecule has 0 aromatic heterocycles. The van der Waals surface area contributed by atoms with Gasteiger partial charge in [0.2, 0.25) is 0 Å². The summed E-state index contributed by atoms with van der Waals surface area (Å²) >= 11 is 0.813. The van der Waals surface area contributed by atoms with E-state index in [4.69, 9.17) is 4.55 Å². The zero-order valence-electron chi connectivity index (χ0n) is 17.1. The number of benzene rings is 2. The van der Waals surface area contributed by atoms with Gasteiger partial charge in [-0.3, -0.25) is 8.74 Å². The van der Waals surface area contributed by atoms with E-state index in [0.717, 1.165) is 30.0 Å². The highest BCUT2D eigenvalue weighted by molar-refractivity contribution is 7.99. The second-order valence-corrected chi connectivity index (χ2v) is 10.1. The molecule has 186 valence electrons. The van der Waals surface area contributed by atoms with E-state index in [-0.39, 0.29) is 4.90 Å². The van der Waals surface area contributed by atoms with Crippen molar-refractivity contribution in [2.75, 3.05) is 6.26 Å². The van der Waals surface area contributed by atoms with Crippen molar-refractivity contribution in [2.45, 2.75) is 47.0 Å². The third-order valence-electron chi connectivity index (χ3n) is 3.54. The van der Waals surface area contributed by atoms with Crippen LogP contribution in [0, 0.1) is 0 Å². The van der Waals surface area contributed by atoms with E-state index in [9.17, 15) is 43.2 Å². The summed E-state index contributed by atoms with van der Waals surface area (Å²) in [5.74, 6) is 0. The van der Waals surface area contributed by atoms with Crippen LogP contribution >= 0.6 is 11.8 Å². The maximum absolute atomic E-state index is 12.6. The highest BCUT2D eigenvalue weighted by Gasteiger charge is 2.38. The predicted octanol–water partition coefficient (Wildman–Crippen LogP) is 5.49. The van der Waals surface area contributed by atoms with Gasteiger partial charge >= 0.3 is 12.4 Å². The summed E-state index contributed by atoms with van der Waals surface area (Å²) in [5, 5.41) is 0. The van der Waals surface area contributed by atoms with Gasteiger partial charge in [0.15, 0.2) is 0 Å². The zero-order chi connectivity index (χ0) is 25.8. The lowest BCUT2D eigenvalue weighted by atomic mass is 10.2. The maximum Gasteiger partial charge on any atom is 0.417 e. The molecule has 6 nitrogen and oxygen atoms in total. The van der Waals surface area contributed by atoms with Gasteiger partial charge in [0.25, 0.3) is 20.2 Å². The first-order valence-corrected chi connectivity index (χ1v) is 12.7. The molecule has 0 amide bonds.